The lowest BCUT2D eigenvalue weighted by Gasteiger charge is -2.07. The number of benzene rings is 2. The van der Waals surface area contributed by atoms with Crippen LogP contribution < -0.4 is 10.2 Å². The number of nitrogens with zero attached hydrogens (tertiary/aromatic N) is 2. The summed E-state index contributed by atoms with van der Waals surface area (Å²) in [6.45, 7) is 0. The Morgan fingerprint density at radius 3 is 2.72 bits per heavy atom. The van der Waals surface area contributed by atoms with Crippen LogP contribution in [0.1, 0.15) is 15.9 Å². The molecule has 0 saturated carbocycles. The van der Waals surface area contributed by atoms with Gasteiger partial charge in [0.25, 0.3) is 11.6 Å². The van der Waals surface area contributed by atoms with Crippen molar-refractivity contribution in [3.05, 3.63) is 60.5 Å². The van der Waals surface area contributed by atoms with E-state index in [0.29, 0.717) is 10.2 Å². The van der Waals surface area contributed by atoms with Gasteiger partial charge in [-0.05, 0) is 34.1 Å². The molecule has 0 saturated heterocycles. The van der Waals surface area contributed by atoms with E-state index in [-0.39, 0.29) is 27.0 Å². The molecule has 0 aliphatic carbocycles. The molecule has 0 aliphatic heterocycles. The van der Waals surface area contributed by atoms with Gasteiger partial charge in [0.05, 0.1) is 28.3 Å². The summed E-state index contributed by atoms with van der Waals surface area (Å²) >= 11 is 6.29. The van der Waals surface area contributed by atoms with E-state index in [2.05, 4.69) is 42.4 Å². The minimum absolute atomic E-state index is 0.0718. The molecule has 10 heteroatoms. The fourth-order valence-electron chi connectivity index (χ4n) is 1.89. The number of carbonyl (C=O) groups excluding carboxylic acids is 1. The summed E-state index contributed by atoms with van der Waals surface area (Å²) in [5, 5.41) is 24.5. The number of ether oxygens (including phenoxy) is 1. The van der Waals surface area contributed by atoms with Crippen molar-refractivity contribution >= 4 is 49.7 Å². The third kappa shape index (κ3) is 4.54. The first-order valence-electron chi connectivity index (χ1n) is 6.67. The molecule has 0 heterocycles. The van der Waals surface area contributed by atoms with Crippen LogP contribution in [0.5, 0.6) is 11.5 Å². The van der Waals surface area contributed by atoms with Gasteiger partial charge in [0.15, 0.2) is 0 Å². The molecule has 0 fully saturated rings. The van der Waals surface area contributed by atoms with Crippen molar-refractivity contribution in [3.63, 3.8) is 0 Å². The number of nitro groups is 1. The van der Waals surface area contributed by atoms with Crippen LogP contribution in [0.25, 0.3) is 0 Å². The number of rotatable bonds is 5. The highest BCUT2D eigenvalue weighted by Crippen LogP contribution is 2.31. The van der Waals surface area contributed by atoms with Gasteiger partial charge < -0.3 is 9.84 Å². The zero-order valence-electron chi connectivity index (χ0n) is 12.7. The number of hydrazone groups is 1. The first-order valence-corrected chi connectivity index (χ1v) is 8.26. The fourth-order valence-corrected chi connectivity index (χ4v) is 2.71. The maximum Gasteiger partial charge on any atom is 0.275 e. The lowest BCUT2D eigenvalue weighted by atomic mass is 10.2. The van der Waals surface area contributed by atoms with Crippen molar-refractivity contribution in [1.29, 1.82) is 0 Å². The normalized spacial score (nSPS) is 10.7. The van der Waals surface area contributed by atoms with E-state index in [1.165, 1.54) is 7.11 Å². The Hall–Kier alpha value is -2.46. The average molecular weight is 473 g/mol. The second-order valence-electron chi connectivity index (χ2n) is 4.67. The summed E-state index contributed by atoms with van der Waals surface area (Å²) in [6, 6.07) is 7.20. The number of halogens is 2. The molecule has 0 unspecified atom stereocenters. The SMILES string of the molecule is COc1ccc(Br)cc1C(=O)N/N=C\c1cc([N+](=O)[O-])cc(Br)c1O. The Balaban J connectivity index is 2.23. The first-order chi connectivity index (χ1) is 11.8. The van der Waals surface area contributed by atoms with E-state index in [1.54, 1.807) is 18.2 Å². The number of methoxy groups -OCH3 is 1. The number of nitrogens with one attached hydrogen (secondary N) is 1. The molecular weight excluding hydrogens is 462 g/mol. The molecule has 2 rings (SSSR count). The molecular formula is C15H11Br2N3O5. The summed E-state index contributed by atoms with van der Waals surface area (Å²) in [4.78, 5) is 22.4. The van der Waals surface area contributed by atoms with Gasteiger partial charge in [0.1, 0.15) is 11.5 Å². The van der Waals surface area contributed by atoms with Crippen LogP contribution in [0.2, 0.25) is 0 Å². The molecule has 0 aromatic heterocycles. The zero-order chi connectivity index (χ0) is 18.6. The quantitative estimate of drug-likeness (QED) is 0.392. The Kier molecular flexibility index (Phi) is 6.10. The molecule has 2 aromatic rings. The second-order valence-corrected chi connectivity index (χ2v) is 6.44. The van der Waals surface area contributed by atoms with E-state index in [9.17, 15) is 20.0 Å². The van der Waals surface area contributed by atoms with Crippen LogP contribution in [-0.2, 0) is 0 Å². The first kappa shape index (κ1) is 18.9. The zero-order valence-corrected chi connectivity index (χ0v) is 15.9. The predicted molar refractivity (Wildman–Crippen MR) is 98.2 cm³/mol. The van der Waals surface area contributed by atoms with Gasteiger partial charge in [0, 0.05) is 22.2 Å². The Bertz CT molecular complexity index is 870. The van der Waals surface area contributed by atoms with E-state index in [4.69, 9.17) is 4.74 Å². The van der Waals surface area contributed by atoms with E-state index >= 15 is 0 Å². The van der Waals surface area contributed by atoms with Gasteiger partial charge in [-0.25, -0.2) is 5.43 Å². The van der Waals surface area contributed by atoms with Crippen LogP contribution in [0.4, 0.5) is 5.69 Å². The molecule has 0 atom stereocenters. The van der Waals surface area contributed by atoms with Crippen molar-refractivity contribution in [1.82, 2.24) is 5.43 Å². The molecule has 0 spiro atoms. The molecule has 1 amide bonds. The molecule has 0 aliphatic rings. The standard InChI is InChI=1S/C15H11Br2N3O5/c1-25-13-3-2-9(16)5-11(13)15(22)19-18-7-8-4-10(20(23)24)6-12(17)14(8)21/h2-7,21H,1H3,(H,19,22)/b18-7-. The van der Waals surface area contributed by atoms with Gasteiger partial charge in [-0.15, -0.1) is 0 Å². The number of phenols is 1. The van der Waals surface area contributed by atoms with Crippen molar-refractivity contribution in [2.24, 2.45) is 5.10 Å². The molecule has 8 nitrogen and oxygen atoms in total. The molecule has 2 aromatic carbocycles. The van der Waals surface area contributed by atoms with E-state index in [0.717, 1.165) is 18.3 Å². The van der Waals surface area contributed by atoms with Gasteiger partial charge in [-0.1, -0.05) is 15.9 Å². The number of phenolic OH excluding ortho intramolecular Hbond substituents is 1. The lowest BCUT2D eigenvalue weighted by molar-refractivity contribution is -0.385. The molecule has 130 valence electrons. The topological polar surface area (TPSA) is 114 Å². The highest BCUT2D eigenvalue weighted by molar-refractivity contribution is 9.10. The number of hydrogen-bond donors (Lipinski definition) is 2. The minimum Gasteiger partial charge on any atom is -0.506 e. The number of nitro benzene ring substituents is 1. The number of amides is 1. The van der Waals surface area contributed by atoms with Gasteiger partial charge >= 0.3 is 0 Å². The lowest BCUT2D eigenvalue weighted by Crippen LogP contribution is -2.18. The third-order valence-electron chi connectivity index (χ3n) is 3.06. The van der Waals surface area contributed by atoms with Crippen LogP contribution >= 0.6 is 31.9 Å². The van der Waals surface area contributed by atoms with E-state index in [1.807, 2.05) is 0 Å². The average Bonchev–Trinajstić information content (AvgIpc) is 2.58. The van der Waals surface area contributed by atoms with Crippen LogP contribution in [0.15, 0.2) is 44.4 Å². The third-order valence-corrected chi connectivity index (χ3v) is 4.16. The summed E-state index contributed by atoms with van der Waals surface area (Å²) in [7, 11) is 1.43. The Morgan fingerprint density at radius 1 is 1.36 bits per heavy atom. The maximum absolute atomic E-state index is 12.2. The van der Waals surface area contributed by atoms with Crippen molar-refractivity contribution < 1.29 is 19.6 Å². The molecule has 0 bridgehead atoms. The second kappa shape index (κ2) is 8.08. The largest absolute Gasteiger partial charge is 0.506 e. The number of non-ortho nitro benzene ring substituents is 1. The number of carbonyl (C=O) groups is 1. The Morgan fingerprint density at radius 2 is 2.08 bits per heavy atom. The monoisotopic (exact) mass is 471 g/mol. The molecule has 25 heavy (non-hydrogen) atoms. The van der Waals surface area contributed by atoms with Crippen LogP contribution in [0, 0.1) is 10.1 Å². The predicted octanol–water partition coefficient (Wildman–Crippen LogP) is 3.60. The van der Waals surface area contributed by atoms with Gasteiger partial charge in [-0.3, -0.25) is 14.9 Å². The highest BCUT2D eigenvalue weighted by Gasteiger charge is 2.15. The van der Waals surface area contributed by atoms with Crippen LogP contribution in [0.3, 0.4) is 0 Å². The minimum atomic E-state index is -0.605. The van der Waals surface area contributed by atoms with Crippen molar-refractivity contribution in [2.75, 3.05) is 7.11 Å². The summed E-state index contributed by atoms with van der Waals surface area (Å²) in [6.07, 6.45) is 1.11. The Labute approximate surface area is 158 Å². The fraction of sp³-hybridized carbons (Fsp3) is 0.0667. The van der Waals surface area contributed by atoms with E-state index < -0.39 is 10.8 Å². The molecule has 2 N–H and O–H groups in total. The van der Waals surface area contributed by atoms with Crippen molar-refractivity contribution in [2.45, 2.75) is 0 Å². The van der Waals surface area contributed by atoms with Crippen molar-refractivity contribution in [3.8, 4) is 11.5 Å². The smallest absolute Gasteiger partial charge is 0.275 e. The summed E-state index contributed by atoms with van der Waals surface area (Å²) in [5.74, 6) is -0.418. The number of hydrogen-bond acceptors (Lipinski definition) is 6. The molecule has 0 radical (unpaired) electrons. The maximum atomic E-state index is 12.2. The van der Waals surface area contributed by atoms with Crippen LogP contribution in [-0.4, -0.2) is 29.3 Å². The summed E-state index contributed by atoms with van der Waals surface area (Å²) < 4.78 is 5.93. The van der Waals surface area contributed by atoms with Gasteiger partial charge in [0.2, 0.25) is 0 Å². The highest BCUT2D eigenvalue weighted by atomic mass is 79.9. The van der Waals surface area contributed by atoms with Gasteiger partial charge in [-0.2, -0.15) is 5.10 Å². The summed E-state index contributed by atoms with van der Waals surface area (Å²) in [5.41, 5.74) is 2.37. The number of aromatic hydroxyl groups is 1.